The smallest absolute Gasteiger partial charge is 0.338 e. The van der Waals surface area contributed by atoms with Crippen LogP contribution in [0.1, 0.15) is 60.6 Å². The van der Waals surface area contributed by atoms with Crippen molar-refractivity contribution in [1.29, 1.82) is 0 Å². The zero-order valence-corrected chi connectivity index (χ0v) is 19.7. The second-order valence-electron chi connectivity index (χ2n) is 9.60. The van der Waals surface area contributed by atoms with E-state index in [1.54, 1.807) is 6.07 Å². The van der Waals surface area contributed by atoms with Gasteiger partial charge in [0.2, 0.25) is 0 Å². The Morgan fingerprint density at radius 2 is 1.88 bits per heavy atom. The minimum Gasteiger partial charge on any atom is -0.452 e. The first kappa shape index (κ1) is 23.7. The van der Waals surface area contributed by atoms with Crippen molar-refractivity contribution < 1.29 is 19.2 Å². The van der Waals surface area contributed by atoms with Crippen LogP contribution in [0.5, 0.6) is 0 Å². The molecular weight excluding hydrogens is 434 g/mol. The van der Waals surface area contributed by atoms with Crippen LogP contribution in [-0.4, -0.2) is 36.5 Å². The number of hydrogen-bond donors (Lipinski definition) is 1. The Bertz CT molecular complexity index is 1080. The predicted molar refractivity (Wildman–Crippen MR) is 129 cm³/mol. The lowest BCUT2D eigenvalue weighted by molar-refractivity contribution is -0.384. The van der Waals surface area contributed by atoms with Gasteiger partial charge in [-0.25, -0.2) is 4.79 Å². The van der Waals surface area contributed by atoms with Crippen LogP contribution in [0, 0.1) is 22.0 Å². The average Bonchev–Trinajstić information content (AvgIpc) is 2.81. The van der Waals surface area contributed by atoms with Gasteiger partial charge in [-0.2, -0.15) is 0 Å². The normalized spacial score (nSPS) is 21.9. The first-order valence-corrected chi connectivity index (χ1v) is 11.9. The van der Waals surface area contributed by atoms with Crippen molar-refractivity contribution in [3.8, 4) is 0 Å². The summed E-state index contributed by atoms with van der Waals surface area (Å²) in [4.78, 5) is 38.3. The van der Waals surface area contributed by atoms with Crippen LogP contribution in [0.15, 0.2) is 42.5 Å². The number of amides is 1. The summed E-state index contributed by atoms with van der Waals surface area (Å²) in [6.07, 6.45) is 3.88. The van der Waals surface area contributed by atoms with E-state index >= 15 is 0 Å². The fourth-order valence-corrected chi connectivity index (χ4v) is 5.28. The zero-order valence-electron chi connectivity index (χ0n) is 19.7. The lowest BCUT2D eigenvalue weighted by atomic mass is 9.88. The van der Waals surface area contributed by atoms with Gasteiger partial charge in [0.15, 0.2) is 6.61 Å². The van der Waals surface area contributed by atoms with Crippen molar-refractivity contribution >= 4 is 23.3 Å². The number of nitro benzene ring substituents is 1. The van der Waals surface area contributed by atoms with E-state index in [0.717, 1.165) is 44.3 Å². The van der Waals surface area contributed by atoms with Crippen molar-refractivity contribution in [1.82, 2.24) is 5.32 Å². The number of ether oxygens (including phenoxy) is 1. The van der Waals surface area contributed by atoms with Gasteiger partial charge < -0.3 is 15.0 Å². The Morgan fingerprint density at radius 3 is 2.62 bits per heavy atom. The first-order valence-electron chi connectivity index (χ1n) is 11.9. The molecule has 1 heterocycles. The molecule has 0 bridgehead atoms. The third-order valence-corrected chi connectivity index (χ3v) is 6.66. The van der Waals surface area contributed by atoms with Crippen LogP contribution in [-0.2, 0) is 16.0 Å². The number of benzene rings is 2. The van der Waals surface area contributed by atoms with Gasteiger partial charge in [0.05, 0.1) is 16.5 Å². The molecule has 3 unspecified atom stereocenters. The molecular formula is C26H31N3O5. The number of piperidine rings is 1. The van der Waals surface area contributed by atoms with Gasteiger partial charge in [0.25, 0.3) is 11.6 Å². The maximum absolute atomic E-state index is 12.6. The molecule has 1 fully saturated rings. The number of carbonyl (C=O) groups is 2. The molecule has 3 atom stereocenters. The third-order valence-electron chi connectivity index (χ3n) is 6.66. The Hall–Kier alpha value is -3.42. The molecule has 0 spiro atoms. The van der Waals surface area contributed by atoms with E-state index in [9.17, 15) is 19.7 Å². The number of nitro groups is 1. The fourth-order valence-electron chi connectivity index (χ4n) is 5.28. The number of aryl methyl sites for hydroxylation is 1. The Labute approximate surface area is 199 Å². The number of hydrogen-bond acceptors (Lipinski definition) is 6. The second-order valence-corrected chi connectivity index (χ2v) is 9.60. The number of rotatable bonds is 6. The van der Waals surface area contributed by atoms with Crippen molar-refractivity contribution in [2.24, 2.45) is 11.8 Å². The summed E-state index contributed by atoms with van der Waals surface area (Å²) in [5.41, 5.74) is 2.76. The second kappa shape index (κ2) is 10.2. The van der Waals surface area contributed by atoms with Crippen LogP contribution in [0.4, 0.5) is 11.4 Å². The summed E-state index contributed by atoms with van der Waals surface area (Å²) < 4.78 is 5.19. The largest absolute Gasteiger partial charge is 0.452 e. The van der Waals surface area contributed by atoms with E-state index in [0.29, 0.717) is 17.5 Å². The molecule has 1 N–H and O–H groups in total. The van der Waals surface area contributed by atoms with E-state index in [-0.39, 0.29) is 17.3 Å². The summed E-state index contributed by atoms with van der Waals surface area (Å²) in [5.74, 6) is -0.281. The molecule has 34 heavy (non-hydrogen) atoms. The molecule has 2 aromatic rings. The van der Waals surface area contributed by atoms with Gasteiger partial charge in [0, 0.05) is 19.2 Å². The van der Waals surface area contributed by atoms with Crippen LogP contribution < -0.4 is 10.2 Å². The Balaban J connectivity index is 1.40. The zero-order chi connectivity index (χ0) is 24.2. The van der Waals surface area contributed by atoms with Gasteiger partial charge in [-0.05, 0) is 60.8 Å². The molecule has 2 aromatic carbocycles. The van der Waals surface area contributed by atoms with Crippen molar-refractivity contribution in [3.63, 3.8) is 0 Å². The fraction of sp³-hybridized carbons (Fsp3) is 0.462. The summed E-state index contributed by atoms with van der Waals surface area (Å²) in [6.45, 7) is 5.31. The first-order chi connectivity index (χ1) is 16.3. The third kappa shape index (κ3) is 5.38. The predicted octanol–water partition coefficient (Wildman–Crippen LogP) is 4.43. The highest BCUT2D eigenvalue weighted by atomic mass is 16.6. The van der Waals surface area contributed by atoms with Crippen LogP contribution in [0.2, 0.25) is 0 Å². The molecule has 0 radical (unpaired) electrons. The SMILES string of the molecule is CC1CC(C)CN(c2ccc(C(=O)OCC(=O)NC3CCCc4ccccc43)cc2[N+](=O)[O-])C1. The highest BCUT2D eigenvalue weighted by Crippen LogP contribution is 2.34. The number of nitrogens with one attached hydrogen (secondary N) is 1. The van der Waals surface area contributed by atoms with E-state index in [4.69, 9.17) is 4.74 Å². The molecule has 2 aliphatic rings. The average molecular weight is 466 g/mol. The van der Waals surface area contributed by atoms with Crippen LogP contribution >= 0.6 is 0 Å². The van der Waals surface area contributed by atoms with Gasteiger partial charge in [0.1, 0.15) is 5.69 Å². The maximum atomic E-state index is 12.6. The molecule has 1 aliphatic carbocycles. The van der Waals surface area contributed by atoms with Gasteiger partial charge in [-0.15, -0.1) is 0 Å². The molecule has 1 amide bonds. The number of anilines is 1. The quantitative estimate of drug-likeness (QED) is 0.385. The number of carbonyl (C=O) groups excluding carboxylic acids is 2. The number of nitrogens with zero attached hydrogens (tertiary/aromatic N) is 2. The summed E-state index contributed by atoms with van der Waals surface area (Å²) >= 11 is 0. The summed E-state index contributed by atoms with van der Waals surface area (Å²) in [5, 5.41) is 14.7. The molecule has 4 rings (SSSR count). The van der Waals surface area contributed by atoms with Gasteiger partial charge >= 0.3 is 5.97 Å². The van der Waals surface area contributed by atoms with Crippen molar-refractivity contribution in [2.75, 3.05) is 24.6 Å². The highest BCUT2D eigenvalue weighted by molar-refractivity contribution is 5.93. The van der Waals surface area contributed by atoms with Crippen LogP contribution in [0.3, 0.4) is 0 Å². The molecule has 1 saturated heterocycles. The maximum Gasteiger partial charge on any atom is 0.338 e. The van der Waals surface area contributed by atoms with Gasteiger partial charge in [-0.3, -0.25) is 14.9 Å². The summed E-state index contributed by atoms with van der Waals surface area (Å²) in [6, 6.07) is 12.3. The molecule has 0 saturated carbocycles. The van der Waals surface area contributed by atoms with Crippen molar-refractivity contribution in [2.45, 2.75) is 45.6 Å². The van der Waals surface area contributed by atoms with E-state index in [1.807, 2.05) is 23.1 Å². The lowest BCUT2D eigenvalue weighted by Crippen LogP contribution is -2.39. The standard InChI is InChI=1S/C26H31N3O5/c1-17-12-18(2)15-28(14-17)23-11-10-20(13-24(23)29(32)33)26(31)34-16-25(30)27-22-9-5-7-19-6-3-4-8-21(19)22/h3-4,6,8,10-11,13,17-18,22H,5,7,9,12,14-16H2,1-2H3,(H,27,30). The monoisotopic (exact) mass is 465 g/mol. The van der Waals surface area contributed by atoms with Crippen LogP contribution in [0.25, 0.3) is 0 Å². The molecule has 1 aliphatic heterocycles. The number of esters is 1. The minimum atomic E-state index is -0.755. The Kier molecular flexibility index (Phi) is 7.14. The molecule has 8 heteroatoms. The topological polar surface area (TPSA) is 102 Å². The Morgan fingerprint density at radius 1 is 1.15 bits per heavy atom. The number of fused-ring (bicyclic) bond motifs is 1. The van der Waals surface area contributed by atoms with Gasteiger partial charge in [-0.1, -0.05) is 38.1 Å². The summed E-state index contributed by atoms with van der Waals surface area (Å²) in [7, 11) is 0. The van der Waals surface area contributed by atoms with Crippen molar-refractivity contribution in [3.05, 3.63) is 69.3 Å². The molecule has 180 valence electrons. The minimum absolute atomic E-state index is 0.0596. The van der Waals surface area contributed by atoms with E-state index < -0.39 is 23.4 Å². The lowest BCUT2D eigenvalue weighted by Gasteiger charge is -2.36. The highest BCUT2D eigenvalue weighted by Gasteiger charge is 2.28. The van der Waals surface area contributed by atoms with E-state index in [2.05, 4.69) is 25.2 Å². The molecule has 8 nitrogen and oxygen atoms in total. The van der Waals surface area contributed by atoms with E-state index in [1.165, 1.54) is 17.7 Å². The molecule has 0 aromatic heterocycles.